The van der Waals surface area contributed by atoms with Crippen molar-refractivity contribution in [3.8, 4) is 0 Å². The summed E-state index contributed by atoms with van der Waals surface area (Å²) in [6.07, 6.45) is -16.4. The van der Waals surface area contributed by atoms with Crippen LogP contribution < -0.4 is 16.0 Å². The third-order valence-electron chi connectivity index (χ3n) is 24.4. The number of hydrogen-bond donors (Lipinski definition) is 3. The molecule has 2 bridgehead atoms. The Hall–Kier alpha value is -7.22. The summed E-state index contributed by atoms with van der Waals surface area (Å²) in [6, 6.07) is -11.4. The van der Waals surface area contributed by atoms with Gasteiger partial charge in [0.05, 0.1) is 31.5 Å². The van der Waals surface area contributed by atoms with Crippen molar-refractivity contribution >= 4 is 70.9 Å². The molecule has 610 valence electrons. The van der Waals surface area contributed by atoms with Gasteiger partial charge in [-0.15, -0.1) is 0 Å². The fraction of sp³-hybridized carbons (Fsp3) is 0.813. The number of ether oxygens (including phenoxy) is 1. The summed E-state index contributed by atoms with van der Waals surface area (Å²) in [7, 11) is 10.9. The number of amides is 12. The highest BCUT2D eigenvalue weighted by Gasteiger charge is 2.56. The van der Waals surface area contributed by atoms with Gasteiger partial charge < -0.3 is 64.8 Å². The van der Waals surface area contributed by atoms with Crippen LogP contribution in [0.3, 0.4) is 0 Å². The van der Waals surface area contributed by atoms with E-state index in [0.29, 0.717) is 56.1 Å². The maximum absolute atomic E-state index is 15.7. The van der Waals surface area contributed by atoms with Crippen LogP contribution in [0.4, 0.5) is 35.1 Å². The predicted octanol–water partition coefficient (Wildman–Crippen LogP) is 6.50. The Morgan fingerprint density at radius 2 is 1.20 bits per heavy atom. The minimum Gasteiger partial charge on any atom is -0.377 e. The van der Waals surface area contributed by atoms with E-state index in [-0.39, 0.29) is 90.3 Å². The first-order chi connectivity index (χ1) is 50.5. The van der Waals surface area contributed by atoms with Gasteiger partial charge in [0.25, 0.3) is 0 Å². The lowest BCUT2D eigenvalue weighted by atomic mass is 9.76. The average Bonchev–Trinajstić information content (AvgIpc) is 1.62. The summed E-state index contributed by atoms with van der Waals surface area (Å²) >= 11 is 0. The number of hydrogen-bond acceptors (Lipinski definition) is 13. The second kappa shape index (κ2) is 37.2. The summed E-state index contributed by atoms with van der Waals surface area (Å²) < 4.78 is 121. The maximum atomic E-state index is 15.7. The minimum absolute atomic E-state index is 0.00374. The predicted molar refractivity (Wildman–Crippen MR) is 381 cm³/mol. The van der Waals surface area contributed by atoms with Crippen LogP contribution >= 0.6 is 0 Å². The van der Waals surface area contributed by atoms with E-state index < -0.39 is 230 Å². The normalized spacial score (nSPS) is 31.8. The number of nitrogens with one attached hydrogen (secondary N) is 3. The molecule has 7 rings (SSSR count). The highest BCUT2D eigenvalue weighted by Crippen LogP contribution is 2.46. The van der Waals surface area contributed by atoms with Crippen molar-refractivity contribution in [2.24, 2.45) is 35.5 Å². The molecule has 6 fully saturated rings. The summed E-state index contributed by atoms with van der Waals surface area (Å²) in [6.45, 7) is 8.21. The Balaban J connectivity index is 1.33. The largest absolute Gasteiger partial charge is 0.397 e. The van der Waals surface area contributed by atoms with E-state index in [1.165, 1.54) is 71.1 Å². The topological polar surface area (TPSA) is 279 Å². The van der Waals surface area contributed by atoms with Gasteiger partial charge in [-0.3, -0.25) is 57.5 Å². The quantitative estimate of drug-likeness (QED) is 0.139. The SMILES string of the molecule is CCO[C@@H]1C[C@H]2C(=O)NC3(CCCC3)C(=O)N(C)[C@@H](C3CCCC3)C(=O)N(C)[C@H](C(=O)N(C)C)CC(=O)N(C)[C@@H](CC)C(=O)N[C@@H]([C@@H](C)CC)C(=O)N(C)CC(=O)N(C)[C@H]3CC(C)=C(C)CN(C3=O)[C@@H](CC3CCC(C(F)(F)F)CC3)C(=O)N(C)CC(=O)N[C@@H](CCC3CC(F)C(C(F)(F)F)C(F)C3)C(=O)N2C1. The second-order valence-electron chi connectivity index (χ2n) is 32.0. The molecule has 12 amide bonds. The molecule has 0 radical (unpaired) electrons. The third-order valence-corrected chi connectivity index (χ3v) is 24.4. The fourth-order valence-corrected chi connectivity index (χ4v) is 17.4. The molecular weight excluding hydrogens is 1430 g/mol. The van der Waals surface area contributed by atoms with Crippen molar-refractivity contribution in [2.75, 3.05) is 89.2 Å². The molecule has 3 aliphatic heterocycles. The van der Waals surface area contributed by atoms with Gasteiger partial charge in [0.2, 0.25) is 70.9 Å². The van der Waals surface area contributed by atoms with Crippen molar-refractivity contribution in [1.29, 1.82) is 0 Å². The van der Waals surface area contributed by atoms with Gasteiger partial charge in [-0.25, -0.2) is 8.78 Å². The van der Waals surface area contributed by atoms with Crippen LogP contribution in [0, 0.1) is 35.5 Å². The lowest BCUT2D eigenvalue weighted by molar-refractivity contribution is -0.219. The summed E-state index contributed by atoms with van der Waals surface area (Å²) in [5.74, 6) is -16.8. The van der Waals surface area contributed by atoms with Crippen LogP contribution in [0.1, 0.15) is 183 Å². The monoisotopic (exact) mass is 1540 g/mol. The molecule has 0 aromatic rings. The molecule has 3 N–H and O–H groups in total. The Morgan fingerprint density at radius 3 is 1.76 bits per heavy atom. The molecule has 3 heterocycles. The number of fused-ring (bicyclic) bond motifs is 3. The van der Waals surface area contributed by atoms with Gasteiger partial charge in [0, 0.05) is 82.5 Å². The molecule has 33 heteroatoms. The highest BCUT2D eigenvalue weighted by atomic mass is 19.4. The number of nitrogens with zero attached hydrogens (tertiary/aromatic N) is 9. The number of rotatable bonds is 12. The first-order valence-corrected chi connectivity index (χ1v) is 38.5. The van der Waals surface area contributed by atoms with Crippen molar-refractivity contribution < 1.29 is 97.4 Å². The molecule has 25 nitrogen and oxygen atoms in total. The fourth-order valence-electron chi connectivity index (χ4n) is 17.4. The number of halogens is 8. The number of carbonyl (C=O) groups is 12. The summed E-state index contributed by atoms with van der Waals surface area (Å²) in [4.78, 5) is 191. The van der Waals surface area contributed by atoms with Crippen LogP contribution in [0.25, 0.3) is 0 Å². The van der Waals surface area contributed by atoms with E-state index in [1.54, 1.807) is 41.5 Å². The van der Waals surface area contributed by atoms with Crippen molar-refractivity contribution in [3.05, 3.63) is 11.1 Å². The molecule has 2 saturated heterocycles. The molecule has 0 aromatic heterocycles. The molecule has 12 atom stereocenters. The zero-order valence-electron chi connectivity index (χ0n) is 65.3. The lowest BCUT2D eigenvalue weighted by Gasteiger charge is -2.42. The zero-order chi connectivity index (χ0) is 80.5. The Labute approximate surface area is 629 Å². The molecule has 2 unspecified atom stereocenters. The third kappa shape index (κ3) is 20.7. The van der Waals surface area contributed by atoms with Crippen LogP contribution in [0.5, 0.6) is 0 Å². The Morgan fingerprint density at radius 1 is 0.602 bits per heavy atom. The lowest BCUT2D eigenvalue weighted by Crippen LogP contribution is -2.65. The van der Waals surface area contributed by atoms with Gasteiger partial charge in [-0.2, -0.15) is 26.3 Å². The van der Waals surface area contributed by atoms with Crippen LogP contribution in [-0.4, -0.2) is 289 Å². The van der Waals surface area contributed by atoms with Crippen LogP contribution in [0.15, 0.2) is 11.1 Å². The van der Waals surface area contributed by atoms with Gasteiger partial charge in [-0.05, 0) is 141 Å². The average molecular weight is 1550 g/mol. The smallest absolute Gasteiger partial charge is 0.377 e. The Kier molecular flexibility index (Phi) is 30.3. The first kappa shape index (κ1) is 88.0. The molecule has 108 heavy (non-hydrogen) atoms. The van der Waals surface area contributed by atoms with Crippen molar-refractivity contribution in [1.82, 2.24) is 60.0 Å². The first-order valence-electron chi connectivity index (χ1n) is 38.5. The second-order valence-corrected chi connectivity index (χ2v) is 32.0. The minimum atomic E-state index is -5.22. The number of alkyl halides is 8. The van der Waals surface area contributed by atoms with Gasteiger partial charge in [-0.1, -0.05) is 64.0 Å². The van der Waals surface area contributed by atoms with Crippen LogP contribution in [0.2, 0.25) is 0 Å². The van der Waals surface area contributed by atoms with Crippen LogP contribution in [-0.2, 0) is 62.3 Å². The van der Waals surface area contributed by atoms with E-state index in [9.17, 15) is 55.1 Å². The summed E-state index contributed by atoms with van der Waals surface area (Å²) in [5.41, 5.74) is -0.504. The highest BCUT2D eigenvalue weighted by molar-refractivity contribution is 6.01. The van der Waals surface area contributed by atoms with Crippen molar-refractivity contribution in [2.45, 2.75) is 267 Å². The molecule has 0 aromatic carbocycles. The van der Waals surface area contributed by atoms with E-state index in [1.807, 2.05) is 0 Å². The molecule has 7 aliphatic rings. The zero-order valence-corrected chi connectivity index (χ0v) is 65.3. The van der Waals surface area contributed by atoms with E-state index in [0.717, 1.165) is 29.4 Å². The summed E-state index contributed by atoms with van der Waals surface area (Å²) in [5, 5.41) is 8.43. The maximum Gasteiger partial charge on any atom is 0.397 e. The molecular formula is C75H116F8N12O13. The van der Waals surface area contributed by atoms with E-state index in [4.69, 9.17) is 4.74 Å². The number of likely N-dealkylation sites (N-methyl/N-ethyl adjacent to an activating group) is 7. The number of carbonyl (C=O) groups excluding carboxylic acids is 12. The molecule has 1 spiro atoms. The van der Waals surface area contributed by atoms with E-state index in [2.05, 4.69) is 16.0 Å². The molecule has 4 aliphatic carbocycles. The van der Waals surface area contributed by atoms with Gasteiger partial charge >= 0.3 is 12.4 Å². The van der Waals surface area contributed by atoms with Crippen molar-refractivity contribution in [3.63, 3.8) is 0 Å². The Bertz CT molecular complexity index is 3280. The van der Waals surface area contributed by atoms with E-state index >= 15 is 37.5 Å². The van der Waals surface area contributed by atoms with Gasteiger partial charge in [0.15, 0.2) is 0 Å². The van der Waals surface area contributed by atoms with Gasteiger partial charge in [0.1, 0.15) is 72.1 Å². The standard InChI is InChI=1S/C75H116F8N12O13/c1-15-42(4)62-70(105)89(10)41-60(98)91(12)55-32-43(5)44(6)38-94(69(55)104)57(35-45-24-27-48(28-25-45)74(78,79)80)68(103)88(9)40-58(96)84-52(29-26-46-33-50(76)61(51(77)34-46)75(81,82)83)66(101)95-39-49(108-17-3)36-54(95)65(100)86-73(30-20-21-31-73)72(107)93(14)63(47-22-18-19-23-47)71(106)92(13)56(67(102)87(7)8)37-59(97)90(11)53(16-2)64(99)85-62/h42,45-57,61-63H,15-41H2,1-14H3,(H,84,96)(H,85,99)(H,86,100)/t42-,45?,46?,48?,49+,50?,51?,52-,53-,54-,55-,56-,57-,61?,62-,63-/m0/s1. The molecule has 4 saturated carbocycles.